The van der Waals surface area contributed by atoms with E-state index in [9.17, 15) is 0 Å². The molecule has 0 bridgehead atoms. The van der Waals surface area contributed by atoms with Crippen LogP contribution in [0.5, 0.6) is 0 Å². The quantitative estimate of drug-likeness (QED) is 0.422. The van der Waals surface area contributed by atoms with Crippen LogP contribution in [0.2, 0.25) is 0 Å². The Bertz CT molecular complexity index is 909. The molecule has 0 radical (unpaired) electrons. The summed E-state index contributed by atoms with van der Waals surface area (Å²) < 4.78 is 8.70. The molecular formula is C24H28O3P+. The van der Waals surface area contributed by atoms with Gasteiger partial charge in [0.2, 0.25) is 0 Å². The number of aryl methyl sites for hydroxylation is 4. The number of benzene rings is 3. The highest BCUT2D eigenvalue weighted by atomic mass is 31.1. The lowest BCUT2D eigenvalue weighted by Crippen LogP contribution is -2.10. The molecule has 1 unspecified atom stereocenters. The summed E-state index contributed by atoms with van der Waals surface area (Å²) in [5, 5.41) is 0. The van der Waals surface area contributed by atoms with Gasteiger partial charge in [-0.25, -0.2) is 0 Å². The Labute approximate surface area is 168 Å². The van der Waals surface area contributed by atoms with E-state index in [1.165, 1.54) is 38.9 Å². The molecule has 146 valence electrons. The maximum Gasteiger partial charge on any atom is 0.692 e. The van der Waals surface area contributed by atoms with Crippen LogP contribution in [0.3, 0.4) is 0 Å². The highest BCUT2D eigenvalue weighted by Gasteiger charge is 2.22. The molecule has 3 rings (SSSR count). The second-order valence-corrected chi connectivity index (χ2v) is 7.47. The van der Waals surface area contributed by atoms with Gasteiger partial charge in [0, 0.05) is 10.5 Å². The molecule has 0 saturated carbocycles. The molecule has 28 heavy (non-hydrogen) atoms. The van der Waals surface area contributed by atoms with Crippen LogP contribution in [0.1, 0.15) is 51.8 Å². The van der Waals surface area contributed by atoms with Crippen molar-refractivity contribution in [1.29, 1.82) is 0 Å². The molecule has 3 aromatic carbocycles. The van der Waals surface area contributed by atoms with E-state index in [2.05, 4.69) is 94.4 Å². The van der Waals surface area contributed by atoms with Gasteiger partial charge in [-0.15, -0.1) is 9.79 Å². The molecule has 0 aliphatic carbocycles. The van der Waals surface area contributed by atoms with Crippen LogP contribution < -0.4 is 0 Å². The van der Waals surface area contributed by atoms with E-state index in [0.717, 1.165) is 6.42 Å². The molecule has 4 heteroatoms. The van der Waals surface area contributed by atoms with E-state index >= 15 is 0 Å². The zero-order valence-corrected chi connectivity index (χ0v) is 17.8. The SMILES string of the molecule is CCc1ccccc1C(c1ccccc1)c1c(C)cc(C)cc1C.O=[P+](O)O. The van der Waals surface area contributed by atoms with E-state index in [1.54, 1.807) is 0 Å². The molecular weight excluding hydrogens is 367 g/mol. The van der Waals surface area contributed by atoms with Gasteiger partial charge in [-0.1, -0.05) is 79.2 Å². The number of rotatable bonds is 4. The third-order valence-corrected chi connectivity index (χ3v) is 4.91. The van der Waals surface area contributed by atoms with Crippen molar-refractivity contribution in [2.45, 2.75) is 40.0 Å². The minimum absolute atomic E-state index is 0.294. The maximum absolute atomic E-state index is 8.70. The van der Waals surface area contributed by atoms with Gasteiger partial charge in [-0.3, -0.25) is 0 Å². The van der Waals surface area contributed by atoms with Crippen molar-refractivity contribution < 1.29 is 14.4 Å². The Hall–Kier alpha value is -2.32. The Kier molecular flexibility index (Phi) is 8.07. The van der Waals surface area contributed by atoms with Gasteiger partial charge in [0.05, 0.1) is 0 Å². The Balaban J connectivity index is 0.000000640. The highest BCUT2D eigenvalue weighted by Crippen LogP contribution is 2.37. The fourth-order valence-electron chi connectivity index (χ4n) is 3.93. The van der Waals surface area contributed by atoms with E-state index in [-0.39, 0.29) is 0 Å². The van der Waals surface area contributed by atoms with Crippen molar-refractivity contribution in [2.75, 3.05) is 0 Å². The molecule has 0 saturated heterocycles. The van der Waals surface area contributed by atoms with Crippen LogP contribution in [0.4, 0.5) is 0 Å². The standard InChI is InChI=1S/C24H26.HO3P/c1-5-20-11-9-10-14-22(20)24(21-12-7-6-8-13-21)23-18(3)15-17(2)16-19(23)4;1-4(2)3/h6-16,24H,5H2,1-4H3;(H-,1,2,3)/p+1. The largest absolute Gasteiger partial charge is 0.692 e. The average Bonchev–Trinajstić information content (AvgIpc) is 2.65. The predicted molar refractivity (Wildman–Crippen MR) is 116 cm³/mol. The minimum atomic E-state index is -2.87. The van der Waals surface area contributed by atoms with Gasteiger partial charge in [0.25, 0.3) is 0 Å². The number of hydrogen-bond acceptors (Lipinski definition) is 1. The first-order chi connectivity index (χ1) is 13.3. The summed E-state index contributed by atoms with van der Waals surface area (Å²) in [6.45, 7) is 8.93. The van der Waals surface area contributed by atoms with Gasteiger partial charge >= 0.3 is 8.25 Å². The smallest absolute Gasteiger partial charge is 0.134 e. The lowest BCUT2D eigenvalue weighted by Gasteiger charge is -2.25. The molecule has 0 amide bonds. The minimum Gasteiger partial charge on any atom is -0.134 e. The molecule has 0 aliphatic rings. The zero-order valence-electron chi connectivity index (χ0n) is 16.9. The summed E-state index contributed by atoms with van der Waals surface area (Å²) in [5.74, 6) is 0.294. The van der Waals surface area contributed by atoms with Crippen molar-refractivity contribution in [1.82, 2.24) is 0 Å². The molecule has 0 aliphatic heterocycles. The molecule has 0 spiro atoms. The summed E-state index contributed by atoms with van der Waals surface area (Å²) in [5.41, 5.74) is 9.79. The van der Waals surface area contributed by atoms with Crippen LogP contribution in [-0.2, 0) is 11.0 Å². The van der Waals surface area contributed by atoms with E-state index in [0.29, 0.717) is 5.92 Å². The summed E-state index contributed by atoms with van der Waals surface area (Å²) in [6.07, 6.45) is 1.06. The second-order valence-electron chi connectivity index (χ2n) is 6.96. The van der Waals surface area contributed by atoms with Crippen molar-refractivity contribution in [3.05, 3.63) is 106 Å². The molecule has 0 heterocycles. The molecule has 0 aromatic heterocycles. The maximum atomic E-state index is 8.70. The zero-order chi connectivity index (χ0) is 20.7. The monoisotopic (exact) mass is 395 g/mol. The van der Waals surface area contributed by atoms with Gasteiger partial charge in [-0.05, 0) is 60.6 Å². The van der Waals surface area contributed by atoms with Crippen molar-refractivity contribution in [2.24, 2.45) is 0 Å². The van der Waals surface area contributed by atoms with Crippen LogP contribution in [0.15, 0.2) is 66.7 Å². The van der Waals surface area contributed by atoms with Gasteiger partial charge in [0.1, 0.15) is 0 Å². The Morgan fingerprint density at radius 3 is 1.89 bits per heavy atom. The predicted octanol–water partition coefficient (Wildman–Crippen LogP) is 5.98. The summed E-state index contributed by atoms with van der Waals surface area (Å²) in [6, 6.07) is 24.4. The molecule has 1 atom stereocenters. The molecule has 3 aromatic rings. The van der Waals surface area contributed by atoms with Crippen LogP contribution in [0.25, 0.3) is 0 Å². The van der Waals surface area contributed by atoms with E-state index in [1.807, 2.05) is 0 Å². The van der Waals surface area contributed by atoms with Crippen LogP contribution >= 0.6 is 8.25 Å². The summed E-state index contributed by atoms with van der Waals surface area (Å²) in [4.78, 5) is 14.2. The number of hydrogen-bond donors (Lipinski definition) is 2. The summed E-state index contributed by atoms with van der Waals surface area (Å²) in [7, 11) is -2.87. The molecule has 2 N–H and O–H groups in total. The lowest BCUT2D eigenvalue weighted by molar-refractivity contribution is 0.405. The van der Waals surface area contributed by atoms with Crippen LogP contribution in [-0.4, -0.2) is 9.79 Å². The van der Waals surface area contributed by atoms with E-state index < -0.39 is 8.25 Å². The van der Waals surface area contributed by atoms with Gasteiger partial charge < -0.3 is 0 Å². The second kappa shape index (κ2) is 10.3. The van der Waals surface area contributed by atoms with Crippen LogP contribution in [0, 0.1) is 20.8 Å². The summed E-state index contributed by atoms with van der Waals surface area (Å²) >= 11 is 0. The topological polar surface area (TPSA) is 57.5 Å². The highest BCUT2D eigenvalue weighted by molar-refractivity contribution is 7.30. The van der Waals surface area contributed by atoms with Crippen molar-refractivity contribution in [3.63, 3.8) is 0 Å². The molecule has 0 fully saturated rings. The fourth-order valence-corrected chi connectivity index (χ4v) is 3.93. The van der Waals surface area contributed by atoms with E-state index in [4.69, 9.17) is 14.4 Å². The normalized spacial score (nSPS) is 11.4. The van der Waals surface area contributed by atoms with Crippen molar-refractivity contribution in [3.8, 4) is 0 Å². The van der Waals surface area contributed by atoms with Crippen molar-refractivity contribution >= 4 is 8.25 Å². The molecule has 3 nitrogen and oxygen atoms in total. The third kappa shape index (κ3) is 5.59. The van der Waals surface area contributed by atoms with Gasteiger partial charge in [0.15, 0.2) is 0 Å². The fraction of sp³-hybridized carbons (Fsp3) is 0.250. The van der Waals surface area contributed by atoms with Gasteiger partial charge in [-0.2, -0.15) is 0 Å². The first kappa shape index (κ1) is 22.0. The Morgan fingerprint density at radius 2 is 1.36 bits per heavy atom. The average molecular weight is 395 g/mol. The third-order valence-electron chi connectivity index (χ3n) is 4.91. The lowest BCUT2D eigenvalue weighted by atomic mass is 9.78. The first-order valence-corrected chi connectivity index (χ1v) is 10.6. The first-order valence-electron chi connectivity index (χ1n) is 9.40. The Morgan fingerprint density at radius 1 is 0.857 bits per heavy atom.